The Morgan fingerprint density at radius 2 is 1.81 bits per heavy atom. The van der Waals surface area contributed by atoms with Crippen molar-refractivity contribution in [2.75, 3.05) is 0 Å². The van der Waals surface area contributed by atoms with Crippen molar-refractivity contribution in [1.29, 1.82) is 0 Å². The molecule has 0 amide bonds. The van der Waals surface area contributed by atoms with E-state index < -0.39 is 22.1 Å². The van der Waals surface area contributed by atoms with Crippen molar-refractivity contribution in [2.24, 2.45) is 17.3 Å². The molecule has 3 saturated carbocycles. The number of aliphatic hydroxyl groups is 1. The maximum Gasteiger partial charge on any atom is 0.397 e. The third kappa shape index (κ3) is 1.59. The maximum absolute atomic E-state index is 10.8. The molecular formula is C10H18O5S. The molecule has 3 aliphatic rings. The normalized spacial score (nSPS) is 46.2. The highest BCUT2D eigenvalue weighted by Gasteiger charge is 2.65. The van der Waals surface area contributed by atoms with Crippen LogP contribution in [0.1, 0.15) is 33.6 Å². The summed E-state index contributed by atoms with van der Waals surface area (Å²) in [4.78, 5) is 0. The predicted octanol–water partition coefficient (Wildman–Crippen LogP) is 0.991. The van der Waals surface area contributed by atoms with Gasteiger partial charge in [-0.1, -0.05) is 13.8 Å². The fourth-order valence-corrected chi connectivity index (χ4v) is 4.15. The highest BCUT2D eigenvalue weighted by atomic mass is 32.3. The average molecular weight is 250 g/mol. The third-order valence-electron chi connectivity index (χ3n) is 4.62. The SMILES string of the molecule is CC1(C)[C@@H]2C[C@H]1[C@@](C)(OS(=O)(=O)O)[C@@H](O)C2. The highest BCUT2D eigenvalue weighted by Crippen LogP contribution is 2.63. The Bertz CT molecular complexity index is 401. The smallest absolute Gasteiger partial charge is 0.390 e. The van der Waals surface area contributed by atoms with Crippen molar-refractivity contribution >= 4 is 10.4 Å². The molecule has 94 valence electrons. The lowest BCUT2D eigenvalue weighted by atomic mass is 9.43. The van der Waals surface area contributed by atoms with Gasteiger partial charge >= 0.3 is 10.4 Å². The van der Waals surface area contributed by atoms with E-state index in [0.29, 0.717) is 12.3 Å². The lowest BCUT2D eigenvalue weighted by molar-refractivity contribution is -0.233. The molecule has 5 nitrogen and oxygen atoms in total. The first kappa shape index (κ1) is 12.3. The molecule has 3 fully saturated rings. The first-order valence-electron chi connectivity index (χ1n) is 5.43. The van der Waals surface area contributed by atoms with Crippen molar-refractivity contribution < 1.29 is 22.3 Å². The number of rotatable bonds is 2. The molecule has 2 N–H and O–H groups in total. The molecule has 3 aliphatic carbocycles. The van der Waals surface area contributed by atoms with E-state index in [1.54, 1.807) is 6.92 Å². The first-order valence-corrected chi connectivity index (χ1v) is 6.80. The molecular weight excluding hydrogens is 232 g/mol. The van der Waals surface area contributed by atoms with Crippen molar-refractivity contribution in [2.45, 2.75) is 45.3 Å². The molecule has 16 heavy (non-hydrogen) atoms. The van der Waals surface area contributed by atoms with E-state index >= 15 is 0 Å². The van der Waals surface area contributed by atoms with Crippen LogP contribution in [0.3, 0.4) is 0 Å². The van der Waals surface area contributed by atoms with Gasteiger partial charge < -0.3 is 5.11 Å². The molecule has 0 aliphatic heterocycles. The molecule has 3 rings (SSSR count). The zero-order chi connectivity index (χ0) is 12.4. The van der Waals surface area contributed by atoms with Gasteiger partial charge in [-0.3, -0.25) is 4.55 Å². The summed E-state index contributed by atoms with van der Waals surface area (Å²) in [5.74, 6) is 0.362. The van der Waals surface area contributed by atoms with Crippen LogP contribution in [0.2, 0.25) is 0 Å². The van der Waals surface area contributed by atoms with Gasteiger partial charge in [0.15, 0.2) is 0 Å². The van der Waals surface area contributed by atoms with Crippen LogP contribution in [0.4, 0.5) is 0 Å². The molecule has 0 aromatic rings. The molecule has 0 radical (unpaired) electrons. The largest absolute Gasteiger partial charge is 0.397 e. The van der Waals surface area contributed by atoms with Gasteiger partial charge in [0.05, 0.1) is 6.10 Å². The monoisotopic (exact) mass is 250 g/mol. The fraction of sp³-hybridized carbons (Fsp3) is 1.00. The summed E-state index contributed by atoms with van der Waals surface area (Å²) < 4.78 is 35.2. The van der Waals surface area contributed by atoms with Crippen LogP contribution in [0.15, 0.2) is 0 Å². The van der Waals surface area contributed by atoms with Gasteiger partial charge in [-0.2, -0.15) is 8.42 Å². The highest BCUT2D eigenvalue weighted by molar-refractivity contribution is 7.80. The van der Waals surface area contributed by atoms with Crippen molar-refractivity contribution in [1.82, 2.24) is 0 Å². The van der Waals surface area contributed by atoms with Crippen LogP contribution in [0.25, 0.3) is 0 Å². The van der Waals surface area contributed by atoms with Gasteiger partial charge in [-0.15, -0.1) is 0 Å². The summed E-state index contributed by atoms with van der Waals surface area (Å²) in [5.41, 5.74) is -1.25. The van der Waals surface area contributed by atoms with Crippen LogP contribution in [0, 0.1) is 17.3 Å². The lowest BCUT2D eigenvalue weighted by Crippen LogP contribution is -2.67. The Balaban J connectivity index is 2.31. The Kier molecular flexibility index (Phi) is 2.45. The topological polar surface area (TPSA) is 83.8 Å². The Labute approximate surface area is 95.8 Å². The van der Waals surface area contributed by atoms with Crippen LogP contribution in [0.5, 0.6) is 0 Å². The zero-order valence-corrected chi connectivity index (χ0v) is 10.5. The van der Waals surface area contributed by atoms with Crippen LogP contribution >= 0.6 is 0 Å². The van der Waals surface area contributed by atoms with Crippen LogP contribution in [-0.4, -0.2) is 29.8 Å². The zero-order valence-electron chi connectivity index (χ0n) is 9.67. The summed E-state index contributed by atoms with van der Waals surface area (Å²) in [6, 6.07) is 0. The average Bonchev–Trinajstić information content (AvgIpc) is 2.05. The standard InChI is InChI=1S/C10H18O5S/c1-9(2)6-4-7(9)10(3,8(11)5-6)15-16(12,13)14/h6-8,11H,4-5H2,1-3H3,(H,12,13,14)/t6-,7-,8+,10-/m1/s1. The molecule has 4 atom stereocenters. The van der Waals surface area contributed by atoms with E-state index in [0.717, 1.165) is 6.42 Å². The van der Waals surface area contributed by atoms with Gasteiger partial charge in [-0.25, -0.2) is 4.18 Å². The predicted molar refractivity (Wildman–Crippen MR) is 57.0 cm³/mol. The van der Waals surface area contributed by atoms with E-state index in [1.165, 1.54) is 0 Å². The summed E-state index contributed by atoms with van der Waals surface area (Å²) in [5, 5.41) is 9.92. The van der Waals surface area contributed by atoms with Crippen LogP contribution in [-0.2, 0) is 14.6 Å². The molecule has 0 spiro atoms. The van der Waals surface area contributed by atoms with Gasteiger partial charge in [-0.05, 0) is 37.0 Å². The second kappa shape index (κ2) is 3.19. The van der Waals surface area contributed by atoms with Gasteiger partial charge in [0.1, 0.15) is 5.60 Å². The fourth-order valence-electron chi connectivity index (χ4n) is 3.46. The molecule has 2 bridgehead atoms. The van der Waals surface area contributed by atoms with Crippen molar-refractivity contribution in [3.8, 4) is 0 Å². The third-order valence-corrected chi connectivity index (χ3v) is 5.19. The minimum atomic E-state index is -4.53. The molecule has 0 aromatic heterocycles. The van der Waals surface area contributed by atoms with Crippen LogP contribution < -0.4 is 0 Å². The molecule has 6 heteroatoms. The van der Waals surface area contributed by atoms with Crippen molar-refractivity contribution in [3.63, 3.8) is 0 Å². The summed E-state index contributed by atoms with van der Waals surface area (Å²) in [6.45, 7) is 5.65. The first-order chi connectivity index (χ1) is 7.07. The van der Waals surface area contributed by atoms with Gasteiger partial charge in [0.25, 0.3) is 0 Å². The second-order valence-corrected chi connectivity index (χ2v) is 6.78. The Morgan fingerprint density at radius 3 is 2.25 bits per heavy atom. The van der Waals surface area contributed by atoms with Crippen molar-refractivity contribution in [3.05, 3.63) is 0 Å². The maximum atomic E-state index is 10.8. The summed E-state index contributed by atoms with van der Waals surface area (Å²) in [6.07, 6.45) is 0.525. The minimum absolute atomic E-state index is 0.0430. The van der Waals surface area contributed by atoms with E-state index in [2.05, 4.69) is 0 Å². The number of hydrogen-bond acceptors (Lipinski definition) is 4. The summed E-state index contributed by atoms with van der Waals surface area (Å²) in [7, 11) is -4.53. The van der Waals surface area contributed by atoms with E-state index in [1.807, 2.05) is 13.8 Å². The number of fused-ring (bicyclic) bond motifs is 2. The van der Waals surface area contributed by atoms with Gasteiger partial charge in [0, 0.05) is 0 Å². The number of hydrogen-bond donors (Lipinski definition) is 2. The molecule has 0 heterocycles. The quantitative estimate of drug-likeness (QED) is 0.714. The molecule has 0 unspecified atom stereocenters. The number of aliphatic hydroxyl groups excluding tert-OH is 1. The molecule has 0 saturated heterocycles. The van der Waals surface area contributed by atoms with E-state index in [4.69, 9.17) is 8.74 Å². The summed E-state index contributed by atoms with van der Waals surface area (Å²) >= 11 is 0. The van der Waals surface area contributed by atoms with E-state index in [-0.39, 0.29) is 11.3 Å². The second-order valence-electron chi connectivity index (χ2n) is 5.75. The van der Waals surface area contributed by atoms with E-state index in [9.17, 15) is 13.5 Å². The van der Waals surface area contributed by atoms with Gasteiger partial charge in [0.2, 0.25) is 0 Å². The Morgan fingerprint density at radius 1 is 1.25 bits per heavy atom. The minimum Gasteiger partial charge on any atom is -0.390 e. The lowest BCUT2D eigenvalue weighted by Gasteiger charge is -2.64. The molecule has 0 aromatic carbocycles. The Hall–Kier alpha value is -0.170.